The van der Waals surface area contributed by atoms with Gasteiger partial charge in [-0.1, -0.05) is 131 Å². The molecule has 0 N–H and O–H groups in total. The van der Waals surface area contributed by atoms with Gasteiger partial charge in [-0.3, -0.25) is 0 Å². The van der Waals surface area contributed by atoms with E-state index in [1.54, 1.807) is 0 Å². The number of fused-ring (bicyclic) bond motifs is 2. The van der Waals surface area contributed by atoms with Crippen molar-refractivity contribution in [2.75, 3.05) is 4.90 Å². The second kappa shape index (κ2) is 12.9. The summed E-state index contributed by atoms with van der Waals surface area (Å²) in [6.07, 6.45) is 0. The van der Waals surface area contributed by atoms with Crippen molar-refractivity contribution in [2.45, 2.75) is 27.7 Å². The highest BCUT2D eigenvalue weighted by molar-refractivity contribution is 7.21. The minimum atomic E-state index is -2.78. The van der Waals surface area contributed by atoms with Crippen molar-refractivity contribution in [2.24, 2.45) is 0 Å². The number of hydrogen-bond acceptors (Lipinski definition) is 3. The lowest BCUT2D eigenvalue weighted by atomic mass is 10.1. The fourth-order valence-electron chi connectivity index (χ4n) is 7.30. The van der Waals surface area contributed by atoms with Crippen molar-refractivity contribution >= 4 is 45.9 Å². The Labute approximate surface area is 296 Å². The van der Waals surface area contributed by atoms with Crippen LogP contribution in [0.3, 0.4) is 0 Å². The lowest BCUT2D eigenvalue weighted by Gasteiger charge is -2.45. The minimum absolute atomic E-state index is 0.705. The van der Waals surface area contributed by atoms with E-state index in [1.807, 2.05) is 30.3 Å². The van der Waals surface area contributed by atoms with Gasteiger partial charge in [-0.05, 0) is 84.8 Å². The molecule has 0 bridgehead atoms. The highest BCUT2D eigenvalue weighted by Gasteiger charge is 2.49. The van der Waals surface area contributed by atoms with Crippen LogP contribution in [0.1, 0.15) is 22.3 Å². The van der Waals surface area contributed by atoms with Gasteiger partial charge >= 0.3 is 0 Å². The average molecular weight is 666 g/mol. The summed E-state index contributed by atoms with van der Waals surface area (Å²) in [4.78, 5) is 2.41. The predicted octanol–water partition coefficient (Wildman–Crippen LogP) is 9.67. The number of nitrogens with zero attached hydrogens (tertiary/aromatic N) is 1. The molecule has 0 atom stereocenters. The summed E-state index contributed by atoms with van der Waals surface area (Å²) >= 11 is 0. The Hall–Kier alpha value is -5.84. The summed E-state index contributed by atoms with van der Waals surface area (Å²) in [6.45, 7) is 8.58. The Morgan fingerprint density at radius 2 is 0.780 bits per heavy atom. The van der Waals surface area contributed by atoms with E-state index in [-0.39, 0.29) is 0 Å². The fourth-order valence-corrected chi connectivity index (χ4v) is 12.6. The maximum Gasteiger partial charge on any atom is 0.184 e. The minimum Gasteiger partial charge on any atom is -0.457 e. The lowest BCUT2D eigenvalue weighted by Crippen LogP contribution is -2.77. The first kappa shape index (κ1) is 31.4. The Morgan fingerprint density at radius 3 is 1.20 bits per heavy atom. The van der Waals surface area contributed by atoms with Crippen molar-refractivity contribution in [3.05, 3.63) is 186 Å². The van der Waals surface area contributed by atoms with Gasteiger partial charge < -0.3 is 14.4 Å². The van der Waals surface area contributed by atoms with Crippen LogP contribution in [0.25, 0.3) is 0 Å². The van der Waals surface area contributed by atoms with E-state index in [1.165, 1.54) is 54.4 Å². The second-order valence-corrected chi connectivity index (χ2v) is 17.1. The van der Waals surface area contributed by atoms with Gasteiger partial charge in [0.25, 0.3) is 0 Å². The molecule has 0 unspecified atom stereocenters. The molecule has 0 saturated carbocycles. The van der Waals surface area contributed by atoms with Crippen LogP contribution >= 0.6 is 0 Å². The summed E-state index contributed by atoms with van der Waals surface area (Å²) in [5.74, 6) is 2.96. The van der Waals surface area contributed by atoms with Crippen LogP contribution in [0.5, 0.6) is 23.0 Å². The molecule has 0 fully saturated rings. The van der Waals surface area contributed by atoms with E-state index < -0.39 is 8.07 Å². The van der Waals surface area contributed by atoms with Gasteiger partial charge in [0.05, 0.1) is 5.69 Å². The summed E-state index contributed by atoms with van der Waals surface area (Å²) in [5.41, 5.74) is 8.15. The highest BCUT2D eigenvalue weighted by atomic mass is 28.3. The van der Waals surface area contributed by atoms with Crippen LogP contribution in [0, 0.1) is 27.7 Å². The Bertz CT molecular complexity index is 2140. The van der Waals surface area contributed by atoms with E-state index in [9.17, 15) is 0 Å². The van der Waals surface area contributed by atoms with Crippen LogP contribution in [0.4, 0.5) is 17.1 Å². The molecule has 4 heteroatoms. The number of ether oxygens (including phenoxy) is 2. The quantitative estimate of drug-likeness (QED) is 0.158. The lowest BCUT2D eigenvalue weighted by molar-refractivity contribution is 0.460. The zero-order valence-electron chi connectivity index (χ0n) is 28.9. The van der Waals surface area contributed by atoms with E-state index >= 15 is 0 Å². The predicted molar refractivity (Wildman–Crippen MR) is 210 cm³/mol. The number of aryl methyl sites for hydroxylation is 4. The smallest absolute Gasteiger partial charge is 0.184 e. The Kier molecular flexibility index (Phi) is 8.10. The maximum atomic E-state index is 6.56. The maximum absolute atomic E-state index is 6.56. The molecule has 1 heterocycles. The van der Waals surface area contributed by atoms with Crippen molar-refractivity contribution in [1.29, 1.82) is 0 Å². The van der Waals surface area contributed by atoms with Crippen LogP contribution < -0.4 is 35.1 Å². The van der Waals surface area contributed by atoms with Gasteiger partial charge in [-0.15, -0.1) is 0 Å². The summed E-state index contributed by atoms with van der Waals surface area (Å²) in [7, 11) is -2.78. The van der Waals surface area contributed by atoms with Crippen molar-refractivity contribution in [1.82, 2.24) is 0 Å². The highest BCUT2D eigenvalue weighted by Crippen LogP contribution is 2.43. The van der Waals surface area contributed by atoms with Crippen LogP contribution in [0.2, 0.25) is 0 Å². The zero-order valence-corrected chi connectivity index (χ0v) is 29.9. The Balaban J connectivity index is 1.39. The molecule has 0 spiro atoms. The van der Waals surface area contributed by atoms with Gasteiger partial charge in [0.15, 0.2) is 8.07 Å². The Morgan fingerprint density at radius 1 is 0.380 bits per heavy atom. The number of benzene rings is 7. The first-order valence-electron chi connectivity index (χ1n) is 17.2. The molecule has 0 radical (unpaired) electrons. The van der Waals surface area contributed by atoms with Gasteiger partial charge in [-0.2, -0.15) is 0 Å². The number of rotatable bonds is 7. The summed E-state index contributed by atoms with van der Waals surface area (Å²) in [5, 5.41) is 5.45. The van der Waals surface area contributed by atoms with E-state index in [2.05, 4.69) is 166 Å². The van der Waals surface area contributed by atoms with Gasteiger partial charge in [0.1, 0.15) is 23.0 Å². The van der Waals surface area contributed by atoms with Gasteiger partial charge in [0.2, 0.25) is 0 Å². The molecule has 7 aromatic carbocycles. The molecule has 0 saturated heterocycles. The van der Waals surface area contributed by atoms with Gasteiger partial charge in [-0.25, -0.2) is 0 Å². The average Bonchev–Trinajstić information content (AvgIpc) is 3.13. The zero-order chi connectivity index (χ0) is 34.2. The molecule has 0 aromatic heterocycles. The van der Waals surface area contributed by atoms with E-state index in [0.717, 1.165) is 17.2 Å². The first-order valence-corrected chi connectivity index (χ1v) is 19.2. The molecule has 0 aliphatic carbocycles. The normalized spacial score (nSPS) is 12.9. The third kappa shape index (κ3) is 5.68. The largest absolute Gasteiger partial charge is 0.457 e. The summed E-state index contributed by atoms with van der Waals surface area (Å²) < 4.78 is 13.1. The molecule has 0 amide bonds. The molecule has 50 heavy (non-hydrogen) atoms. The monoisotopic (exact) mass is 665 g/mol. The van der Waals surface area contributed by atoms with Crippen LogP contribution in [-0.4, -0.2) is 8.07 Å². The summed E-state index contributed by atoms with van der Waals surface area (Å²) in [6, 6.07) is 58.8. The van der Waals surface area contributed by atoms with Crippen molar-refractivity contribution in [3.8, 4) is 23.0 Å². The molecule has 244 valence electrons. The van der Waals surface area contributed by atoms with Crippen molar-refractivity contribution < 1.29 is 9.47 Å². The molecule has 7 aromatic rings. The molecular formula is C46H39NO2Si. The molecule has 3 nitrogen and oxygen atoms in total. The molecular weight excluding hydrogens is 627 g/mol. The third-order valence-electron chi connectivity index (χ3n) is 9.64. The SMILES string of the molecule is Cc1ccc(Oc2cc(Oc3ccc(C)cc3)cc(N3c4ccc(C)cc4[Si](c4ccccc4)(c4ccccc4)c4cc(C)ccc43)c2)cc1. The van der Waals surface area contributed by atoms with E-state index in [4.69, 9.17) is 9.47 Å². The fraction of sp³-hybridized carbons (Fsp3) is 0.0870. The molecule has 1 aliphatic rings. The second-order valence-electron chi connectivity index (χ2n) is 13.4. The van der Waals surface area contributed by atoms with Crippen LogP contribution in [0.15, 0.2) is 164 Å². The molecule has 8 rings (SSSR count). The topological polar surface area (TPSA) is 21.7 Å². The van der Waals surface area contributed by atoms with Gasteiger partial charge in [0, 0.05) is 29.6 Å². The molecule has 1 aliphatic heterocycles. The van der Waals surface area contributed by atoms with E-state index in [0.29, 0.717) is 11.5 Å². The number of anilines is 3. The number of hydrogen-bond donors (Lipinski definition) is 0. The van der Waals surface area contributed by atoms with Crippen molar-refractivity contribution in [3.63, 3.8) is 0 Å². The standard InChI is InChI=1S/C46H39NO2Si/c1-32-15-21-37(22-16-32)48-39-29-36(30-40(31-39)49-38-23-17-33(2)18-24-38)47-43-25-19-34(3)27-45(43)50(41-11-7-5-8-12-41,42-13-9-6-10-14-42)46-28-35(4)20-26-44(46)47/h5-31H,1-4H3. The third-order valence-corrected chi connectivity index (χ3v) is 14.5. The first-order chi connectivity index (χ1) is 24.4. The van der Waals surface area contributed by atoms with Crippen LogP contribution in [-0.2, 0) is 0 Å².